The predicted octanol–water partition coefficient (Wildman–Crippen LogP) is 19.0. The van der Waals surface area contributed by atoms with Gasteiger partial charge in [0.05, 0.1) is 16.4 Å². The molecule has 1 aromatic heterocycles. The average Bonchev–Trinajstić information content (AvgIpc) is 4.10. The highest BCUT2D eigenvalue weighted by Gasteiger charge is 2.46. The van der Waals surface area contributed by atoms with E-state index in [1.54, 1.807) is 0 Å². The van der Waals surface area contributed by atoms with E-state index in [9.17, 15) is 0 Å². The molecule has 3 heteroatoms. The molecule has 1 atom stereocenters. The maximum Gasteiger partial charge on any atom is 0.127 e. The summed E-state index contributed by atoms with van der Waals surface area (Å²) in [6.07, 6.45) is 1.85. The van der Waals surface area contributed by atoms with Gasteiger partial charge in [0.2, 0.25) is 0 Å². The maximum atomic E-state index is 6.44. The second kappa shape index (κ2) is 17.4. The second-order valence-corrected chi connectivity index (χ2v) is 20.5. The van der Waals surface area contributed by atoms with Gasteiger partial charge in [0.15, 0.2) is 0 Å². The smallest absolute Gasteiger partial charge is 0.127 e. The molecule has 0 saturated heterocycles. The van der Waals surface area contributed by atoms with Gasteiger partial charge >= 0.3 is 0 Å². The van der Waals surface area contributed by atoms with E-state index in [0.29, 0.717) is 0 Å². The molecule has 1 heterocycles. The van der Waals surface area contributed by atoms with Gasteiger partial charge in [-0.3, -0.25) is 0 Å². The van der Waals surface area contributed by atoms with Gasteiger partial charge in [-0.1, -0.05) is 196 Å². The molecule has 0 aliphatic heterocycles. The predicted molar refractivity (Wildman–Crippen MR) is 312 cm³/mol. The second-order valence-electron chi connectivity index (χ2n) is 20.5. The maximum absolute atomic E-state index is 6.44. The molecule has 0 amide bonds. The van der Waals surface area contributed by atoms with Crippen molar-refractivity contribution in [1.82, 2.24) is 4.57 Å². The third-order valence-electron chi connectivity index (χ3n) is 16.1. The first-order chi connectivity index (χ1) is 36.9. The Bertz CT molecular complexity index is 4170. The standard InChI is InChI=1S/C72H52N2O/c1-4-48-27-38-57(39-28-48)75-58-40-32-52(33-41-58)72(51-17-7-5-8-18-51)66-25-15-12-22-60(66)62-43-37-56(47-68(62)72)73(55-36-42-61-59-21-11-14-24-65(59)71(2,3)67(61)46-55)54-34-29-49(30-35-54)50-31-44-70-64(45-50)63-23-13-16-26-69(63)74(70)53-19-9-6-10-20-53/h4-47H,1H2,2-3H3. The van der Waals surface area contributed by atoms with Crippen LogP contribution in [0.2, 0.25) is 0 Å². The van der Waals surface area contributed by atoms with Crippen LogP contribution in [-0.4, -0.2) is 4.57 Å². The summed E-state index contributed by atoms with van der Waals surface area (Å²) in [6, 6.07) is 95.4. The van der Waals surface area contributed by atoms with Crippen molar-refractivity contribution in [3.05, 3.63) is 306 Å². The van der Waals surface area contributed by atoms with Gasteiger partial charge in [0, 0.05) is 38.9 Å². The molecule has 0 bridgehead atoms. The highest BCUT2D eigenvalue weighted by atomic mass is 16.5. The molecule has 14 rings (SSSR count). The lowest BCUT2D eigenvalue weighted by molar-refractivity contribution is 0.482. The minimum atomic E-state index is -0.632. The normalized spacial score (nSPS) is 14.7. The summed E-state index contributed by atoms with van der Waals surface area (Å²) in [7, 11) is 0. The summed E-state index contributed by atoms with van der Waals surface area (Å²) in [6.45, 7) is 8.65. The molecular formula is C72H52N2O. The van der Waals surface area contributed by atoms with Gasteiger partial charge in [-0.15, -0.1) is 0 Å². The Hall–Kier alpha value is -9.44. The number of aromatic nitrogens is 1. The first kappa shape index (κ1) is 44.3. The summed E-state index contributed by atoms with van der Waals surface area (Å²) >= 11 is 0. The first-order valence-electron chi connectivity index (χ1n) is 25.9. The van der Waals surface area contributed by atoms with Crippen molar-refractivity contribution in [2.75, 3.05) is 4.90 Å². The van der Waals surface area contributed by atoms with Crippen LogP contribution in [-0.2, 0) is 10.8 Å². The van der Waals surface area contributed by atoms with Crippen molar-refractivity contribution in [3.8, 4) is 50.6 Å². The number of rotatable bonds is 10. The van der Waals surface area contributed by atoms with Crippen molar-refractivity contribution < 1.29 is 4.74 Å². The molecular weight excluding hydrogens is 909 g/mol. The number of anilines is 3. The fourth-order valence-corrected chi connectivity index (χ4v) is 12.6. The zero-order valence-electron chi connectivity index (χ0n) is 41.9. The number of hydrogen-bond donors (Lipinski definition) is 0. The van der Waals surface area contributed by atoms with Crippen LogP contribution in [0.4, 0.5) is 17.1 Å². The fourth-order valence-electron chi connectivity index (χ4n) is 12.6. The van der Waals surface area contributed by atoms with E-state index >= 15 is 0 Å². The van der Waals surface area contributed by atoms with Gasteiger partial charge in [-0.2, -0.15) is 0 Å². The van der Waals surface area contributed by atoms with Gasteiger partial charge in [-0.05, 0) is 163 Å². The number of hydrogen-bond acceptors (Lipinski definition) is 2. The minimum absolute atomic E-state index is 0.174. The van der Waals surface area contributed by atoms with Crippen LogP contribution in [0.1, 0.15) is 52.8 Å². The molecule has 12 aromatic rings. The Morgan fingerprint density at radius 2 is 0.920 bits per heavy atom. The van der Waals surface area contributed by atoms with Gasteiger partial charge < -0.3 is 14.2 Å². The Morgan fingerprint density at radius 3 is 1.63 bits per heavy atom. The van der Waals surface area contributed by atoms with Gasteiger partial charge in [0.1, 0.15) is 11.5 Å². The van der Waals surface area contributed by atoms with Crippen molar-refractivity contribution >= 4 is 44.9 Å². The number of benzene rings is 11. The van der Waals surface area contributed by atoms with Crippen LogP contribution < -0.4 is 9.64 Å². The van der Waals surface area contributed by atoms with Gasteiger partial charge in [-0.25, -0.2) is 0 Å². The lowest BCUT2D eigenvalue weighted by atomic mass is 9.67. The highest BCUT2D eigenvalue weighted by molar-refractivity contribution is 6.10. The lowest BCUT2D eigenvalue weighted by Gasteiger charge is -2.35. The van der Waals surface area contributed by atoms with Crippen LogP contribution >= 0.6 is 0 Å². The molecule has 11 aromatic carbocycles. The Kier molecular flexibility index (Phi) is 10.3. The van der Waals surface area contributed by atoms with Crippen LogP contribution in [0.3, 0.4) is 0 Å². The van der Waals surface area contributed by atoms with E-state index in [1.807, 2.05) is 30.3 Å². The van der Waals surface area contributed by atoms with Crippen molar-refractivity contribution in [3.63, 3.8) is 0 Å². The van der Waals surface area contributed by atoms with Crippen molar-refractivity contribution in [2.45, 2.75) is 24.7 Å². The first-order valence-corrected chi connectivity index (χ1v) is 25.9. The molecule has 356 valence electrons. The fraction of sp³-hybridized carbons (Fsp3) is 0.0556. The van der Waals surface area contributed by atoms with E-state index in [4.69, 9.17) is 4.74 Å². The van der Waals surface area contributed by atoms with E-state index in [1.165, 1.54) is 83.0 Å². The molecule has 2 aliphatic carbocycles. The highest BCUT2D eigenvalue weighted by Crippen LogP contribution is 2.58. The Balaban J connectivity index is 0.928. The molecule has 0 radical (unpaired) electrons. The SMILES string of the molecule is C=Cc1ccc(Oc2ccc(C3(c4ccccc4)c4ccccc4-c4ccc(N(c5ccc(-c6ccc7c(c6)c6ccccc6n7-c6ccccc6)cc5)c5ccc6c(c5)C(C)(C)c5ccccc5-6)cc43)cc2)cc1. The molecule has 75 heavy (non-hydrogen) atoms. The van der Waals surface area contributed by atoms with Crippen molar-refractivity contribution in [1.29, 1.82) is 0 Å². The molecule has 0 saturated carbocycles. The van der Waals surface area contributed by atoms with E-state index in [-0.39, 0.29) is 5.41 Å². The van der Waals surface area contributed by atoms with E-state index in [0.717, 1.165) is 45.4 Å². The van der Waals surface area contributed by atoms with Crippen LogP contribution in [0.25, 0.3) is 66.9 Å². The molecule has 0 spiro atoms. The molecule has 0 N–H and O–H groups in total. The molecule has 1 unspecified atom stereocenters. The van der Waals surface area contributed by atoms with Crippen LogP contribution in [0.5, 0.6) is 11.5 Å². The molecule has 2 aliphatic rings. The monoisotopic (exact) mass is 960 g/mol. The summed E-state index contributed by atoms with van der Waals surface area (Å²) in [5, 5.41) is 2.48. The summed E-state index contributed by atoms with van der Waals surface area (Å²) in [4.78, 5) is 2.47. The van der Waals surface area contributed by atoms with Crippen LogP contribution in [0, 0.1) is 0 Å². The lowest BCUT2D eigenvalue weighted by Crippen LogP contribution is -2.28. The largest absolute Gasteiger partial charge is 0.457 e. The Labute approximate surface area is 438 Å². The van der Waals surface area contributed by atoms with E-state index < -0.39 is 5.41 Å². The number of fused-ring (bicyclic) bond motifs is 9. The summed E-state index contributed by atoms with van der Waals surface area (Å²) < 4.78 is 8.81. The topological polar surface area (TPSA) is 17.4 Å². The van der Waals surface area contributed by atoms with Crippen molar-refractivity contribution in [2.24, 2.45) is 0 Å². The van der Waals surface area contributed by atoms with E-state index in [2.05, 4.69) is 266 Å². The minimum Gasteiger partial charge on any atom is -0.457 e. The quantitative estimate of drug-likeness (QED) is 0.136. The third-order valence-corrected chi connectivity index (χ3v) is 16.1. The third kappa shape index (κ3) is 6.96. The zero-order chi connectivity index (χ0) is 50.3. The number of nitrogens with zero attached hydrogens (tertiary/aromatic N) is 2. The molecule has 3 nitrogen and oxygen atoms in total. The summed E-state index contributed by atoms with van der Waals surface area (Å²) in [5.74, 6) is 1.57. The zero-order valence-corrected chi connectivity index (χ0v) is 41.9. The average molecular weight is 961 g/mol. The summed E-state index contributed by atoms with van der Waals surface area (Å²) in [5.41, 5.74) is 22.1. The molecule has 0 fully saturated rings. The Morgan fingerprint density at radius 1 is 0.400 bits per heavy atom. The number of para-hydroxylation sites is 2. The number of ether oxygens (including phenoxy) is 1. The van der Waals surface area contributed by atoms with Crippen LogP contribution in [0.15, 0.2) is 267 Å². The van der Waals surface area contributed by atoms with Gasteiger partial charge in [0.25, 0.3) is 0 Å².